The number of hydrogen-bond acceptors (Lipinski definition) is 4. The number of rotatable bonds is 5. The zero-order valence-corrected chi connectivity index (χ0v) is 14.7. The molecule has 2 aromatic rings. The van der Waals surface area contributed by atoms with E-state index in [0.29, 0.717) is 25.9 Å². The van der Waals surface area contributed by atoms with Gasteiger partial charge < -0.3 is 15.4 Å². The third-order valence-corrected chi connectivity index (χ3v) is 5.39. The lowest BCUT2D eigenvalue weighted by Crippen LogP contribution is -2.64. The van der Waals surface area contributed by atoms with Gasteiger partial charge >= 0.3 is 0 Å². The van der Waals surface area contributed by atoms with E-state index in [9.17, 15) is 9.59 Å². The summed E-state index contributed by atoms with van der Waals surface area (Å²) in [7, 11) is 0. The molecule has 0 unspecified atom stereocenters. The van der Waals surface area contributed by atoms with E-state index in [-0.39, 0.29) is 11.8 Å². The Balaban J connectivity index is 1.63. The van der Waals surface area contributed by atoms with Gasteiger partial charge in [-0.05, 0) is 31.0 Å². The number of hydrogen-bond donors (Lipinski definition) is 1. The molecule has 2 amide bonds. The van der Waals surface area contributed by atoms with Gasteiger partial charge in [0.05, 0.1) is 0 Å². The molecule has 7 heteroatoms. The number of fused-ring (bicyclic) bond motifs is 4. The number of benzene rings is 1. The van der Waals surface area contributed by atoms with Crippen molar-refractivity contribution in [2.45, 2.75) is 38.0 Å². The highest BCUT2D eigenvalue weighted by atomic mass is 16.5. The number of carbonyl (C=O) groups excluding carboxylic acids is 2. The number of aryl methyl sites for hydroxylation is 1. The summed E-state index contributed by atoms with van der Waals surface area (Å²) >= 11 is 0. The third-order valence-electron chi connectivity index (χ3n) is 5.39. The number of carbonyl (C=O) groups is 2. The molecule has 3 heterocycles. The molecule has 7 nitrogen and oxygen atoms in total. The minimum absolute atomic E-state index is 0.239. The Bertz CT molecular complexity index is 835. The summed E-state index contributed by atoms with van der Waals surface area (Å²) in [4.78, 5) is 26.9. The van der Waals surface area contributed by atoms with E-state index in [0.717, 1.165) is 11.3 Å². The Morgan fingerprint density at radius 1 is 1.35 bits per heavy atom. The molecule has 0 saturated carbocycles. The zero-order chi connectivity index (χ0) is 18.3. The molecule has 1 aromatic carbocycles. The second-order valence-corrected chi connectivity index (χ2v) is 7.12. The van der Waals surface area contributed by atoms with Crippen molar-refractivity contribution in [1.82, 2.24) is 14.7 Å². The molecule has 1 fully saturated rings. The number of aromatic nitrogens is 2. The summed E-state index contributed by atoms with van der Waals surface area (Å²) in [5.74, 6) is -1.18. The third kappa shape index (κ3) is 2.64. The van der Waals surface area contributed by atoms with Crippen molar-refractivity contribution in [3.63, 3.8) is 0 Å². The maximum absolute atomic E-state index is 13.1. The van der Waals surface area contributed by atoms with E-state index in [1.807, 2.05) is 48.1 Å². The first-order valence-corrected chi connectivity index (χ1v) is 8.86. The molecule has 2 N–H and O–H groups in total. The molecule has 26 heavy (non-hydrogen) atoms. The highest BCUT2D eigenvalue weighted by Gasteiger charge is 2.55. The number of ether oxygens (including phenoxy) is 1. The molecule has 2 bridgehead atoms. The minimum Gasteiger partial charge on any atom is -0.468 e. The number of piperidine rings is 1. The average molecular weight is 354 g/mol. The molecule has 136 valence electrons. The Hall–Kier alpha value is -2.83. The number of nitrogens with two attached hydrogens (primary N) is 1. The highest BCUT2D eigenvalue weighted by molar-refractivity contribution is 6.01. The Kier molecular flexibility index (Phi) is 3.94. The summed E-state index contributed by atoms with van der Waals surface area (Å²) in [5, 5.41) is 4.18. The number of para-hydroxylation sites is 1. The number of likely N-dealkylation sites (tertiary alicyclic amines) is 1. The van der Waals surface area contributed by atoms with E-state index >= 15 is 0 Å². The van der Waals surface area contributed by atoms with Crippen molar-refractivity contribution in [2.75, 3.05) is 6.54 Å². The van der Waals surface area contributed by atoms with Gasteiger partial charge in [-0.1, -0.05) is 18.2 Å². The first-order valence-electron chi connectivity index (χ1n) is 8.86. The van der Waals surface area contributed by atoms with Crippen molar-refractivity contribution in [3.8, 4) is 5.75 Å². The average Bonchev–Trinajstić information content (AvgIpc) is 3.10. The summed E-state index contributed by atoms with van der Waals surface area (Å²) < 4.78 is 8.04. The van der Waals surface area contributed by atoms with Crippen molar-refractivity contribution in [1.29, 1.82) is 0 Å². The fourth-order valence-electron chi connectivity index (χ4n) is 4.20. The van der Waals surface area contributed by atoms with Gasteiger partial charge in [0.15, 0.2) is 5.72 Å². The van der Waals surface area contributed by atoms with Crippen molar-refractivity contribution >= 4 is 11.8 Å². The summed E-state index contributed by atoms with van der Waals surface area (Å²) in [6.07, 6.45) is 4.88. The van der Waals surface area contributed by atoms with Crippen LogP contribution < -0.4 is 10.5 Å². The van der Waals surface area contributed by atoms with Crippen LogP contribution in [0, 0.1) is 5.92 Å². The van der Waals surface area contributed by atoms with E-state index in [2.05, 4.69) is 5.10 Å². The molecule has 3 atom stereocenters. The maximum atomic E-state index is 13.1. The normalized spacial score (nSPS) is 27.0. The Morgan fingerprint density at radius 3 is 2.88 bits per heavy atom. The van der Waals surface area contributed by atoms with Crippen LogP contribution in [0.15, 0.2) is 42.7 Å². The topological polar surface area (TPSA) is 90.5 Å². The van der Waals surface area contributed by atoms with Gasteiger partial charge in [-0.15, -0.1) is 0 Å². The highest BCUT2D eigenvalue weighted by Crippen LogP contribution is 2.49. The van der Waals surface area contributed by atoms with Crippen LogP contribution in [0.2, 0.25) is 0 Å². The summed E-state index contributed by atoms with van der Waals surface area (Å²) in [6.45, 7) is 3.08. The molecular formula is C19H22N4O3. The lowest BCUT2D eigenvalue weighted by molar-refractivity contribution is -0.175. The maximum Gasteiger partial charge on any atom is 0.238 e. The molecule has 1 saturated heterocycles. The van der Waals surface area contributed by atoms with Crippen molar-refractivity contribution in [2.24, 2.45) is 11.7 Å². The van der Waals surface area contributed by atoms with E-state index in [4.69, 9.17) is 10.5 Å². The lowest BCUT2D eigenvalue weighted by atomic mass is 9.73. The fourth-order valence-corrected chi connectivity index (χ4v) is 4.20. The predicted molar refractivity (Wildman–Crippen MR) is 94.1 cm³/mol. The molecular weight excluding hydrogens is 332 g/mol. The van der Waals surface area contributed by atoms with Crippen LogP contribution in [0.4, 0.5) is 0 Å². The molecule has 0 aliphatic carbocycles. The second kappa shape index (κ2) is 6.16. The number of primary amides is 1. The van der Waals surface area contributed by atoms with Crippen molar-refractivity contribution in [3.05, 3.63) is 48.3 Å². The fraction of sp³-hybridized carbons (Fsp3) is 0.421. The van der Waals surface area contributed by atoms with Gasteiger partial charge in [-0.25, -0.2) is 0 Å². The monoisotopic (exact) mass is 354 g/mol. The number of nitrogens with zero attached hydrogens (tertiary/aromatic N) is 3. The minimum atomic E-state index is -0.849. The van der Waals surface area contributed by atoms with Gasteiger partial charge in [0, 0.05) is 37.8 Å². The quantitative estimate of drug-likeness (QED) is 0.824. The molecule has 4 rings (SSSR count). The second-order valence-electron chi connectivity index (χ2n) is 7.12. The van der Waals surface area contributed by atoms with Crippen LogP contribution in [0.3, 0.4) is 0 Å². The van der Waals surface area contributed by atoms with Gasteiger partial charge in [-0.2, -0.15) is 5.10 Å². The SMILES string of the molecule is C[C@@]12C[C@@H](c3ccccc3O1)[C@H](C(N)=O)C(=O)N2CCCn1cccn1. The van der Waals surface area contributed by atoms with Crippen LogP contribution in [0.5, 0.6) is 5.75 Å². The van der Waals surface area contributed by atoms with Crippen LogP contribution in [0.25, 0.3) is 0 Å². The zero-order valence-electron chi connectivity index (χ0n) is 14.7. The van der Waals surface area contributed by atoms with E-state index in [1.54, 1.807) is 11.1 Å². The van der Waals surface area contributed by atoms with E-state index in [1.165, 1.54) is 0 Å². The van der Waals surface area contributed by atoms with E-state index < -0.39 is 17.6 Å². The molecule has 0 spiro atoms. The molecule has 2 aliphatic heterocycles. The molecule has 1 aromatic heterocycles. The van der Waals surface area contributed by atoms with Crippen molar-refractivity contribution < 1.29 is 14.3 Å². The largest absolute Gasteiger partial charge is 0.468 e. The smallest absolute Gasteiger partial charge is 0.238 e. The lowest BCUT2D eigenvalue weighted by Gasteiger charge is -2.52. The first-order chi connectivity index (χ1) is 12.5. The van der Waals surface area contributed by atoms with Gasteiger partial charge in [-0.3, -0.25) is 14.3 Å². The standard InChI is InChI=1S/C19H22N4O3/c1-19-12-14(13-6-2-3-7-15(13)26-19)16(17(20)24)18(25)23(19)11-5-10-22-9-4-8-21-22/h2-4,6-9,14,16H,5,10-12H2,1H3,(H2,20,24)/t14-,16+,19-/m0/s1. The van der Waals surface area contributed by atoms with Gasteiger partial charge in [0.2, 0.25) is 11.8 Å². The van der Waals surface area contributed by atoms with Crippen LogP contribution >= 0.6 is 0 Å². The summed E-state index contributed by atoms with van der Waals surface area (Å²) in [6, 6.07) is 9.45. The Morgan fingerprint density at radius 2 is 2.15 bits per heavy atom. The van der Waals surface area contributed by atoms with Crippen LogP contribution in [0.1, 0.15) is 31.2 Å². The summed E-state index contributed by atoms with van der Waals surface area (Å²) in [5.41, 5.74) is 5.74. The molecule has 2 aliphatic rings. The Labute approximate surface area is 151 Å². The predicted octanol–water partition coefficient (Wildman–Crippen LogP) is 1.50. The van der Waals surface area contributed by atoms with Gasteiger partial charge in [0.1, 0.15) is 11.7 Å². The number of amides is 2. The van der Waals surface area contributed by atoms with Crippen LogP contribution in [-0.2, 0) is 16.1 Å². The molecule has 0 radical (unpaired) electrons. The first kappa shape index (κ1) is 16.6. The van der Waals surface area contributed by atoms with Gasteiger partial charge in [0.25, 0.3) is 0 Å². The van der Waals surface area contributed by atoms with Crippen LogP contribution in [-0.4, -0.2) is 38.8 Å².